The maximum absolute atomic E-state index is 11.5. The topological polar surface area (TPSA) is 328 Å². The first kappa shape index (κ1) is 39.0. The van der Waals surface area contributed by atoms with Gasteiger partial charge in [0.1, 0.15) is 97.7 Å². The summed E-state index contributed by atoms with van der Waals surface area (Å²) in [7, 11) is 0. The summed E-state index contributed by atoms with van der Waals surface area (Å²) in [4.78, 5) is 0. The Hall–Kier alpha value is -0.800. The Bertz CT molecular complexity index is 959. The van der Waals surface area contributed by atoms with E-state index in [0.717, 1.165) is 0 Å². The van der Waals surface area contributed by atoms with Crippen LogP contribution in [0.15, 0.2) is 0 Å². The van der Waals surface area contributed by atoms with Gasteiger partial charge in [-0.1, -0.05) is 13.8 Å². The van der Waals surface area contributed by atoms with Gasteiger partial charge in [0, 0.05) is 0 Å². The summed E-state index contributed by atoms with van der Waals surface area (Å²) in [5.74, 6) is -0.432. The number of rotatable bonds is 11. The van der Waals surface area contributed by atoms with E-state index in [0.29, 0.717) is 0 Å². The third-order valence-electron chi connectivity index (χ3n) is 8.92. The second kappa shape index (κ2) is 16.5. The molecular formula is C27H48O20. The van der Waals surface area contributed by atoms with Crippen molar-refractivity contribution < 1.29 is 99.5 Å². The van der Waals surface area contributed by atoms with E-state index in [-0.39, 0.29) is 0 Å². The highest BCUT2D eigenvalue weighted by atomic mass is 16.8. The van der Waals surface area contributed by atoms with Crippen LogP contribution in [0.25, 0.3) is 0 Å². The fourth-order valence-electron chi connectivity index (χ4n) is 6.12. The molecule has 4 aliphatic heterocycles. The summed E-state index contributed by atoms with van der Waals surface area (Å²) < 4.78 is 39.6. The summed E-state index contributed by atoms with van der Waals surface area (Å²) in [6.45, 7) is 0.266. The first-order valence-corrected chi connectivity index (χ1v) is 15.3. The minimum atomic E-state index is -1.94. The molecule has 20 heteroatoms. The molecule has 13 N–H and O–H groups in total. The molecule has 0 aromatic carbocycles. The van der Waals surface area contributed by atoms with Crippen molar-refractivity contribution in [3.63, 3.8) is 0 Å². The van der Waals surface area contributed by atoms with Crippen LogP contribution in [0.2, 0.25) is 0 Å². The van der Waals surface area contributed by atoms with Crippen LogP contribution in [0.1, 0.15) is 13.8 Å². The number of aliphatic hydroxyl groups is 13. The summed E-state index contributed by atoms with van der Waals surface area (Å²) in [6, 6.07) is 0. The largest absolute Gasteiger partial charge is 0.394 e. The molecule has 276 valence electrons. The smallest absolute Gasteiger partial charge is 0.187 e. The van der Waals surface area contributed by atoms with Crippen LogP contribution >= 0.6 is 0 Å². The summed E-state index contributed by atoms with van der Waals surface area (Å²) in [5, 5.41) is 134. The van der Waals surface area contributed by atoms with E-state index in [2.05, 4.69) is 0 Å². The van der Waals surface area contributed by atoms with Crippen LogP contribution in [0, 0.1) is 5.92 Å². The van der Waals surface area contributed by atoms with Gasteiger partial charge < -0.3 is 99.5 Å². The molecule has 0 amide bonds. The minimum Gasteiger partial charge on any atom is -0.394 e. The first-order chi connectivity index (χ1) is 22.2. The zero-order valence-corrected chi connectivity index (χ0v) is 25.6. The van der Waals surface area contributed by atoms with Crippen LogP contribution in [0.5, 0.6) is 0 Å². The SMILES string of the molecule is CC(C)[C@@H]1O[C@H](CO)[C@@H](O[C@@H]2O[C@H](CO)[C@@H](O)[C@H](O)[C@H]2O)[C@H](O)[C@H]1O[C@@H]1O[C@H](CO)[C@@H](O)[C@H](O[C@@H]2O[C@H](CO)[C@@H](O)[C@H](O)[C@H]2O)[C@H]1O. The Morgan fingerprint density at radius 1 is 0.404 bits per heavy atom. The third kappa shape index (κ3) is 7.92. The van der Waals surface area contributed by atoms with Gasteiger partial charge >= 0.3 is 0 Å². The lowest BCUT2D eigenvalue weighted by molar-refractivity contribution is -0.382. The average Bonchev–Trinajstić information content (AvgIpc) is 3.05. The number of hydrogen-bond donors (Lipinski definition) is 13. The highest BCUT2D eigenvalue weighted by Gasteiger charge is 2.55. The van der Waals surface area contributed by atoms with Crippen LogP contribution in [0.4, 0.5) is 0 Å². The van der Waals surface area contributed by atoms with Crippen molar-refractivity contribution in [1.29, 1.82) is 0 Å². The number of ether oxygens (including phenoxy) is 7. The zero-order chi connectivity index (χ0) is 34.9. The maximum Gasteiger partial charge on any atom is 0.187 e. The fraction of sp³-hybridized carbons (Fsp3) is 1.00. The van der Waals surface area contributed by atoms with Gasteiger partial charge in [-0.3, -0.25) is 0 Å². The van der Waals surface area contributed by atoms with E-state index in [9.17, 15) is 66.4 Å². The first-order valence-electron chi connectivity index (χ1n) is 15.3. The monoisotopic (exact) mass is 692 g/mol. The lowest BCUT2D eigenvalue weighted by Gasteiger charge is -2.50. The van der Waals surface area contributed by atoms with Crippen molar-refractivity contribution in [2.24, 2.45) is 5.92 Å². The van der Waals surface area contributed by atoms with Crippen molar-refractivity contribution in [1.82, 2.24) is 0 Å². The van der Waals surface area contributed by atoms with E-state index in [4.69, 9.17) is 33.2 Å². The van der Waals surface area contributed by atoms with Crippen molar-refractivity contribution in [3.05, 3.63) is 0 Å². The van der Waals surface area contributed by atoms with Crippen molar-refractivity contribution in [2.45, 2.75) is 136 Å². The molecule has 4 saturated heterocycles. The number of aliphatic hydroxyl groups excluding tert-OH is 13. The molecule has 0 radical (unpaired) electrons. The maximum atomic E-state index is 11.5. The molecule has 47 heavy (non-hydrogen) atoms. The molecule has 4 fully saturated rings. The molecule has 0 saturated carbocycles. The van der Waals surface area contributed by atoms with E-state index in [1.165, 1.54) is 0 Å². The van der Waals surface area contributed by atoms with Gasteiger partial charge in [0.25, 0.3) is 0 Å². The van der Waals surface area contributed by atoms with Crippen LogP contribution in [-0.4, -0.2) is 215 Å². The Morgan fingerprint density at radius 3 is 1.21 bits per heavy atom. The summed E-state index contributed by atoms with van der Waals surface area (Å²) in [5.41, 5.74) is 0. The molecule has 20 nitrogen and oxygen atoms in total. The highest BCUT2D eigenvalue weighted by Crippen LogP contribution is 2.36. The zero-order valence-electron chi connectivity index (χ0n) is 25.6. The van der Waals surface area contributed by atoms with Gasteiger partial charge in [-0.25, -0.2) is 0 Å². The molecule has 4 rings (SSSR count). The molecule has 0 aromatic rings. The second-order valence-electron chi connectivity index (χ2n) is 12.5. The Morgan fingerprint density at radius 2 is 0.787 bits per heavy atom. The molecule has 0 aliphatic carbocycles. The molecular weight excluding hydrogens is 644 g/mol. The van der Waals surface area contributed by atoms with Crippen LogP contribution < -0.4 is 0 Å². The van der Waals surface area contributed by atoms with Gasteiger partial charge in [-0.05, 0) is 5.92 Å². The van der Waals surface area contributed by atoms with E-state index >= 15 is 0 Å². The standard InChI is InChI=1S/C27H48O20/c1-7(2)21-24(19(39)22(11(6-31)41-21)45-25-17(37)15(35)12(32)8(3-28)42-25)47-27-20(40)23(14(34)10(5-30)44-27)46-26-18(38)16(36)13(33)9(4-29)43-26/h7-40H,3-6H2,1-2H3/t8-,9-,10-,11-,12-,13-,14-,15+,16+,17-,18-,19+,20-,21+,22-,23+,24-,25+,26+,27+/m1/s1. The van der Waals surface area contributed by atoms with Crippen LogP contribution in [-0.2, 0) is 33.2 Å². The molecule has 0 bridgehead atoms. The number of hydrogen-bond acceptors (Lipinski definition) is 20. The van der Waals surface area contributed by atoms with Crippen molar-refractivity contribution in [2.75, 3.05) is 26.4 Å². The second-order valence-corrected chi connectivity index (χ2v) is 12.5. The van der Waals surface area contributed by atoms with Gasteiger partial charge in [0.2, 0.25) is 0 Å². The summed E-state index contributed by atoms with van der Waals surface area (Å²) >= 11 is 0. The average molecular weight is 693 g/mol. The molecule has 0 spiro atoms. The normalized spacial score (nSPS) is 51.3. The Kier molecular flexibility index (Phi) is 13.7. The van der Waals surface area contributed by atoms with Gasteiger partial charge in [-0.2, -0.15) is 0 Å². The van der Waals surface area contributed by atoms with Gasteiger partial charge in [-0.15, -0.1) is 0 Å². The van der Waals surface area contributed by atoms with E-state index in [1.807, 2.05) is 0 Å². The quantitative estimate of drug-likeness (QED) is 0.0956. The van der Waals surface area contributed by atoms with Gasteiger partial charge in [0.05, 0.1) is 32.5 Å². The van der Waals surface area contributed by atoms with Crippen molar-refractivity contribution in [3.8, 4) is 0 Å². The molecule has 4 aliphatic rings. The highest BCUT2D eigenvalue weighted by molar-refractivity contribution is 4.99. The molecule has 0 unspecified atom stereocenters. The summed E-state index contributed by atoms with van der Waals surface area (Å²) in [6.07, 6.45) is -32.9. The third-order valence-corrected chi connectivity index (χ3v) is 8.92. The lowest BCUT2D eigenvalue weighted by Crippen LogP contribution is -2.68. The predicted molar refractivity (Wildman–Crippen MR) is 147 cm³/mol. The minimum absolute atomic E-state index is 0.432. The lowest BCUT2D eigenvalue weighted by atomic mass is 9.88. The van der Waals surface area contributed by atoms with Gasteiger partial charge in [0.15, 0.2) is 18.9 Å². The fourth-order valence-corrected chi connectivity index (χ4v) is 6.12. The van der Waals surface area contributed by atoms with E-state index in [1.54, 1.807) is 13.8 Å². The predicted octanol–water partition coefficient (Wildman–Crippen LogP) is -8.04. The molecule has 4 heterocycles. The molecule has 0 aromatic heterocycles. The van der Waals surface area contributed by atoms with Crippen LogP contribution in [0.3, 0.4) is 0 Å². The Balaban J connectivity index is 1.56. The molecule has 20 atom stereocenters. The van der Waals surface area contributed by atoms with E-state index < -0.39 is 155 Å². The Labute approximate surface area is 268 Å². The van der Waals surface area contributed by atoms with Crippen molar-refractivity contribution >= 4 is 0 Å².